The van der Waals surface area contributed by atoms with Gasteiger partial charge in [-0.05, 0) is 23.8 Å². The Bertz CT molecular complexity index is 469. The van der Waals surface area contributed by atoms with Gasteiger partial charge in [-0.1, -0.05) is 0 Å². The first-order chi connectivity index (χ1) is 7.36. The quantitative estimate of drug-likeness (QED) is 0.458. The average Bonchev–Trinajstić information content (AvgIpc) is 2.17. The zero-order valence-corrected chi connectivity index (χ0v) is 7.85. The Balaban J connectivity index is 3.41. The summed E-state index contributed by atoms with van der Waals surface area (Å²) in [6.45, 7) is 0. The lowest BCUT2D eigenvalue weighted by Gasteiger charge is -2.11. The van der Waals surface area contributed by atoms with Gasteiger partial charge in [0.05, 0.1) is 17.3 Å². The summed E-state index contributed by atoms with van der Waals surface area (Å²) >= 11 is 0. The van der Waals surface area contributed by atoms with Gasteiger partial charge in [0, 0.05) is 6.08 Å². The molecule has 0 saturated heterocycles. The SMILES string of the molecule is N#CC=Cc1cc(F)c(N)cc1C(F)(F)F. The summed E-state index contributed by atoms with van der Waals surface area (Å²) in [7, 11) is 0. The first-order valence-electron chi connectivity index (χ1n) is 4.08. The monoisotopic (exact) mass is 230 g/mol. The summed E-state index contributed by atoms with van der Waals surface area (Å²) in [5, 5.41) is 8.21. The Morgan fingerprint density at radius 2 is 1.94 bits per heavy atom. The molecule has 0 atom stereocenters. The molecule has 1 aromatic rings. The highest BCUT2D eigenvalue weighted by Gasteiger charge is 2.33. The molecule has 0 bridgehead atoms. The van der Waals surface area contributed by atoms with Crippen LogP contribution in [0.15, 0.2) is 18.2 Å². The summed E-state index contributed by atoms with van der Waals surface area (Å²) in [4.78, 5) is 0. The summed E-state index contributed by atoms with van der Waals surface area (Å²) in [5.41, 5.74) is 2.97. The minimum absolute atomic E-state index is 0.430. The van der Waals surface area contributed by atoms with Crippen LogP contribution < -0.4 is 5.73 Å². The fourth-order valence-corrected chi connectivity index (χ4v) is 1.12. The zero-order valence-electron chi connectivity index (χ0n) is 7.85. The molecule has 0 radical (unpaired) electrons. The van der Waals surface area contributed by atoms with Crippen LogP contribution in [0.25, 0.3) is 6.08 Å². The number of allylic oxidation sites excluding steroid dienone is 1. The predicted octanol–water partition coefficient (Wildman–Crippen LogP) is 2.96. The number of rotatable bonds is 1. The van der Waals surface area contributed by atoms with E-state index in [0.717, 1.165) is 12.2 Å². The maximum Gasteiger partial charge on any atom is 0.417 e. The molecule has 0 amide bonds. The minimum atomic E-state index is -4.64. The molecular weight excluding hydrogens is 224 g/mol. The van der Waals surface area contributed by atoms with Crippen LogP contribution in [-0.2, 0) is 6.18 Å². The number of nitrogens with two attached hydrogens (primary N) is 1. The van der Waals surface area contributed by atoms with Gasteiger partial charge in [0.15, 0.2) is 0 Å². The van der Waals surface area contributed by atoms with Crippen molar-refractivity contribution in [1.82, 2.24) is 0 Å². The second-order valence-electron chi connectivity index (χ2n) is 2.92. The first kappa shape index (κ1) is 12.0. The predicted molar refractivity (Wildman–Crippen MR) is 50.5 cm³/mol. The lowest BCUT2D eigenvalue weighted by atomic mass is 10.1. The number of nitrogen functional groups attached to an aromatic ring is 1. The van der Waals surface area contributed by atoms with E-state index in [2.05, 4.69) is 0 Å². The number of hydrogen-bond acceptors (Lipinski definition) is 2. The van der Waals surface area contributed by atoms with Crippen LogP contribution >= 0.6 is 0 Å². The van der Waals surface area contributed by atoms with E-state index in [4.69, 9.17) is 11.0 Å². The smallest absolute Gasteiger partial charge is 0.396 e. The third kappa shape index (κ3) is 2.51. The van der Waals surface area contributed by atoms with Gasteiger partial charge in [0.25, 0.3) is 0 Å². The molecule has 6 heteroatoms. The van der Waals surface area contributed by atoms with Crippen LogP contribution in [0.3, 0.4) is 0 Å². The number of hydrogen-bond donors (Lipinski definition) is 1. The van der Waals surface area contributed by atoms with E-state index in [1.807, 2.05) is 0 Å². The Kier molecular flexibility index (Phi) is 3.18. The Morgan fingerprint density at radius 3 is 2.44 bits per heavy atom. The molecule has 0 saturated carbocycles. The Hall–Kier alpha value is -2.03. The summed E-state index contributed by atoms with van der Waals surface area (Å²) in [6, 6.07) is 2.68. The Morgan fingerprint density at radius 1 is 1.31 bits per heavy atom. The van der Waals surface area contributed by atoms with Gasteiger partial charge < -0.3 is 5.73 Å². The minimum Gasteiger partial charge on any atom is -0.396 e. The summed E-state index contributed by atoms with van der Waals surface area (Å²) in [5.74, 6) is -0.953. The molecule has 0 aliphatic heterocycles. The van der Waals surface area contributed by atoms with E-state index >= 15 is 0 Å². The Labute approximate surface area is 88.6 Å². The fraction of sp³-hybridized carbons (Fsp3) is 0.100. The molecule has 0 heterocycles. The van der Waals surface area contributed by atoms with Crippen LogP contribution in [0.2, 0.25) is 0 Å². The van der Waals surface area contributed by atoms with E-state index in [1.165, 1.54) is 6.07 Å². The highest BCUT2D eigenvalue weighted by molar-refractivity contribution is 5.61. The van der Waals surface area contributed by atoms with E-state index in [9.17, 15) is 17.6 Å². The third-order valence-electron chi connectivity index (χ3n) is 1.81. The number of anilines is 1. The van der Waals surface area contributed by atoms with Crippen molar-refractivity contribution in [3.8, 4) is 6.07 Å². The van der Waals surface area contributed by atoms with Crippen molar-refractivity contribution in [2.75, 3.05) is 5.73 Å². The molecule has 1 aromatic carbocycles. The molecule has 2 nitrogen and oxygen atoms in total. The second-order valence-corrected chi connectivity index (χ2v) is 2.92. The van der Waals surface area contributed by atoms with Crippen molar-refractivity contribution in [1.29, 1.82) is 5.26 Å². The van der Waals surface area contributed by atoms with Crippen LogP contribution in [0, 0.1) is 17.1 Å². The van der Waals surface area contributed by atoms with Gasteiger partial charge in [-0.2, -0.15) is 18.4 Å². The summed E-state index contributed by atoms with van der Waals surface area (Å²) < 4.78 is 50.4. The van der Waals surface area contributed by atoms with Crippen molar-refractivity contribution in [2.24, 2.45) is 0 Å². The molecule has 0 aliphatic carbocycles. The number of benzene rings is 1. The third-order valence-corrected chi connectivity index (χ3v) is 1.81. The number of nitrogens with zero attached hydrogens (tertiary/aromatic N) is 1. The normalized spacial score (nSPS) is 11.7. The van der Waals surface area contributed by atoms with E-state index < -0.39 is 28.8 Å². The largest absolute Gasteiger partial charge is 0.417 e. The van der Waals surface area contributed by atoms with Gasteiger partial charge in [-0.15, -0.1) is 0 Å². The van der Waals surface area contributed by atoms with Crippen molar-refractivity contribution < 1.29 is 17.6 Å². The standard InChI is InChI=1S/C10H6F4N2/c11-8-4-6(2-1-3-15)7(5-9(8)16)10(12,13)14/h1-2,4-5H,16H2. The average molecular weight is 230 g/mol. The molecule has 16 heavy (non-hydrogen) atoms. The van der Waals surface area contributed by atoms with Crippen LogP contribution in [0.1, 0.15) is 11.1 Å². The van der Waals surface area contributed by atoms with Crippen molar-refractivity contribution in [3.05, 3.63) is 35.2 Å². The molecule has 84 valence electrons. The van der Waals surface area contributed by atoms with E-state index in [0.29, 0.717) is 12.1 Å². The molecular formula is C10H6F4N2. The summed E-state index contributed by atoms with van der Waals surface area (Å²) in [6.07, 6.45) is -2.93. The highest BCUT2D eigenvalue weighted by atomic mass is 19.4. The van der Waals surface area contributed by atoms with Crippen LogP contribution in [0.4, 0.5) is 23.2 Å². The molecule has 0 aromatic heterocycles. The lowest BCUT2D eigenvalue weighted by Crippen LogP contribution is -2.09. The topological polar surface area (TPSA) is 49.8 Å². The van der Waals surface area contributed by atoms with Crippen molar-refractivity contribution in [2.45, 2.75) is 6.18 Å². The fourth-order valence-electron chi connectivity index (χ4n) is 1.12. The first-order valence-corrected chi connectivity index (χ1v) is 4.08. The van der Waals surface area contributed by atoms with Gasteiger partial charge >= 0.3 is 6.18 Å². The highest BCUT2D eigenvalue weighted by Crippen LogP contribution is 2.34. The second kappa shape index (κ2) is 4.23. The zero-order chi connectivity index (χ0) is 12.3. The lowest BCUT2D eigenvalue weighted by molar-refractivity contribution is -0.137. The van der Waals surface area contributed by atoms with Gasteiger partial charge in [0.1, 0.15) is 5.82 Å². The maximum absolute atomic E-state index is 13.0. The van der Waals surface area contributed by atoms with Crippen LogP contribution in [0.5, 0.6) is 0 Å². The molecule has 0 fully saturated rings. The maximum atomic E-state index is 13.0. The van der Waals surface area contributed by atoms with E-state index in [-0.39, 0.29) is 0 Å². The molecule has 0 unspecified atom stereocenters. The van der Waals surface area contributed by atoms with Gasteiger partial charge in [0.2, 0.25) is 0 Å². The molecule has 2 N–H and O–H groups in total. The molecule has 1 rings (SSSR count). The van der Waals surface area contributed by atoms with E-state index in [1.54, 1.807) is 0 Å². The van der Waals surface area contributed by atoms with Crippen molar-refractivity contribution in [3.63, 3.8) is 0 Å². The van der Waals surface area contributed by atoms with Gasteiger partial charge in [-0.25, -0.2) is 4.39 Å². The molecule has 0 aliphatic rings. The number of nitriles is 1. The van der Waals surface area contributed by atoms with Crippen LogP contribution in [-0.4, -0.2) is 0 Å². The molecule has 0 spiro atoms. The number of alkyl halides is 3. The van der Waals surface area contributed by atoms with Gasteiger partial charge in [-0.3, -0.25) is 0 Å². The van der Waals surface area contributed by atoms with Crippen molar-refractivity contribution >= 4 is 11.8 Å². The number of halogens is 4.